The van der Waals surface area contributed by atoms with Crippen molar-refractivity contribution in [3.63, 3.8) is 0 Å². The van der Waals surface area contributed by atoms with E-state index in [2.05, 4.69) is 5.32 Å². The number of nitrogens with two attached hydrogens (primary N) is 1. The van der Waals surface area contributed by atoms with Crippen LogP contribution in [0.1, 0.15) is 27.2 Å². The molecule has 3 atom stereocenters. The molecule has 0 aromatic rings. The van der Waals surface area contributed by atoms with Gasteiger partial charge in [0.15, 0.2) is 0 Å². The van der Waals surface area contributed by atoms with Crippen LogP contribution in [0.3, 0.4) is 0 Å². The Morgan fingerprint density at radius 2 is 1.85 bits per heavy atom. The van der Waals surface area contributed by atoms with Crippen molar-refractivity contribution in [3.8, 4) is 0 Å². The van der Waals surface area contributed by atoms with E-state index in [-0.39, 0.29) is 24.0 Å². The fourth-order valence-corrected chi connectivity index (χ4v) is 2.07. The maximum atomic E-state index is 10.5. The summed E-state index contributed by atoms with van der Waals surface area (Å²) >= 11 is 0. The average molecular weight is 312 g/mol. The van der Waals surface area contributed by atoms with E-state index in [1.54, 1.807) is 0 Å². The monoisotopic (exact) mass is 312 g/mol. The molecule has 0 heterocycles. The van der Waals surface area contributed by atoms with Crippen LogP contribution in [0.4, 0.5) is 0 Å². The third-order valence-corrected chi connectivity index (χ3v) is 3.39. The van der Waals surface area contributed by atoms with Crippen molar-refractivity contribution >= 4 is 10.1 Å². The van der Waals surface area contributed by atoms with Crippen LogP contribution in [0.15, 0.2) is 0 Å². The van der Waals surface area contributed by atoms with Crippen LogP contribution in [0.5, 0.6) is 0 Å². The summed E-state index contributed by atoms with van der Waals surface area (Å²) in [5.41, 5.74) is 5.46. The first-order valence-electron chi connectivity index (χ1n) is 6.86. The third kappa shape index (κ3) is 12.8. The number of hydrogen-bond acceptors (Lipinski definition) is 6. The summed E-state index contributed by atoms with van der Waals surface area (Å²) in [6.07, 6.45) is 0.376. The molecular formula is C12H28N2O5S. The first-order chi connectivity index (χ1) is 9.24. The van der Waals surface area contributed by atoms with Crippen LogP contribution in [0, 0.1) is 0 Å². The Balaban J connectivity index is 3.56. The molecule has 0 fully saturated rings. The largest absolute Gasteiger partial charge is 0.377 e. The highest BCUT2D eigenvalue weighted by atomic mass is 32.2. The minimum atomic E-state index is -3.86. The number of rotatable bonds is 12. The van der Waals surface area contributed by atoms with Gasteiger partial charge in [-0.3, -0.25) is 4.55 Å². The van der Waals surface area contributed by atoms with Crippen LogP contribution in [-0.2, 0) is 19.6 Å². The van der Waals surface area contributed by atoms with E-state index < -0.39 is 10.1 Å². The Kier molecular flexibility index (Phi) is 10.3. The van der Waals surface area contributed by atoms with Gasteiger partial charge in [-0.05, 0) is 33.7 Å². The molecule has 122 valence electrons. The molecule has 0 aromatic heterocycles. The van der Waals surface area contributed by atoms with Crippen molar-refractivity contribution in [1.29, 1.82) is 0 Å². The van der Waals surface area contributed by atoms with Gasteiger partial charge < -0.3 is 20.5 Å². The molecule has 0 saturated carbocycles. The maximum Gasteiger partial charge on any atom is 0.264 e. The highest BCUT2D eigenvalue weighted by molar-refractivity contribution is 7.85. The standard InChI is InChI=1S/C12H28N2O5S/c1-10(14-5-4-6-20(15,16)17)8-18-9-12(3)19-11(2)7-13/h10-12,14H,4-9,13H2,1-3H3,(H,15,16,17). The van der Waals surface area contributed by atoms with Gasteiger partial charge in [-0.15, -0.1) is 0 Å². The van der Waals surface area contributed by atoms with Crippen LogP contribution in [-0.4, -0.2) is 63.3 Å². The molecule has 0 bridgehead atoms. The summed E-state index contributed by atoms with van der Waals surface area (Å²) in [5.74, 6) is -0.227. The fourth-order valence-electron chi connectivity index (χ4n) is 1.56. The predicted molar refractivity (Wildman–Crippen MR) is 78.4 cm³/mol. The van der Waals surface area contributed by atoms with Gasteiger partial charge in [-0.1, -0.05) is 0 Å². The minimum absolute atomic E-state index is 0.0136. The lowest BCUT2D eigenvalue weighted by molar-refractivity contribution is -0.0406. The molecule has 0 spiro atoms. The van der Waals surface area contributed by atoms with E-state index in [9.17, 15) is 8.42 Å². The van der Waals surface area contributed by atoms with E-state index in [1.165, 1.54) is 0 Å². The van der Waals surface area contributed by atoms with Gasteiger partial charge in [0.2, 0.25) is 0 Å². The van der Waals surface area contributed by atoms with E-state index in [4.69, 9.17) is 19.8 Å². The molecule has 0 aromatic carbocycles. The maximum absolute atomic E-state index is 10.5. The number of hydrogen-bond donors (Lipinski definition) is 3. The van der Waals surface area contributed by atoms with Crippen LogP contribution in [0.25, 0.3) is 0 Å². The Hall–Kier alpha value is -0.250. The molecule has 0 radical (unpaired) electrons. The van der Waals surface area contributed by atoms with Crippen molar-refractivity contribution in [2.75, 3.05) is 32.1 Å². The highest BCUT2D eigenvalue weighted by Gasteiger charge is 2.09. The minimum Gasteiger partial charge on any atom is -0.377 e. The van der Waals surface area contributed by atoms with Gasteiger partial charge in [0.25, 0.3) is 10.1 Å². The summed E-state index contributed by atoms with van der Waals surface area (Å²) in [6, 6.07) is 0.107. The number of nitrogens with one attached hydrogen (secondary N) is 1. The van der Waals surface area contributed by atoms with E-state index >= 15 is 0 Å². The Bertz CT molecular complexity index is 337. The lowest BCUT2D eigenvalue weighted by atomic mass is 10.3. The quantitative estimate of drug-likeness (QED) is 0.344. The average Bonchev–Trinajstić information content (AvgIpc) is 2.33. The van der Waals surface area contributed by atoms with Crippen LogP contribution < -0.4 is 11.1 Å². The molecule has 0 amide bonds. The molecule has 3 unspecified atom stereocenters. The molecule has 8 heteroatoms. The van der Waals surface area contributed by atoms with Crippen LogP contribution in [0.2, 0.25) is 0 Å². The zero-order valence-corrected chi connectivity index (χ0v) is 13.4. The molecule has 7 nitrogen and oxygen atoms in total. The molecular weight excluding hydrogens is 284 g/mol. The summed E-state index contributed by atoms with van der Waals surface area (Å²) in [4.78, 5) is 0. The van der Waals surface area contributed by atoms with Crippen molar-refractivity contribution in [2.45, 2.75) is 45.4 Å². The molecule has 0 aliphatic heterocycles. The lowest BCUT2D eigenvalue weighted by Crippen LogP contribution is -2.34. The topological polar surface area (TPSA) is 111 Å². The van der Waals surface area contributed by atoms with Gasteiger partial charge in [-0.2, -0.15) is 8.42 Å². The Labute approximate surface area is 121 Å². The summed E-state index contributed by atoms with van der Waals surface area (Å²) in [5, 5.41) is 3.12. The SMILES string of the molecule is CC(COCC(C)OC(C)CN)NCCCS(=O)(=O)O. The van der Waals surface area contributed by atoms with Gasteiger partial charge in [0, 0.05) is 12.6 Å². The second-order valence-corrected chi connectivity index (χ2v) is 6.60. The van der Waals surface area contributed by atoms with Crippen molar-refractivity contribution in [1.82, 2.24) is 5.32 Å². The lowest BCUT2D eigenvalue weighted by Gasteiger charge is -2.19. The van der Waals surface area contributed by atoms with E-state index in [0.717, 1.165) is 0 Å². The first kappa shape index (κ1) is 19.8. The fraction of sp³-hybridized carbons (Fsp3) is 1.00. The second-order valence-electron chi connectivity index (χ2n) is 5.03. The first-order valence-corrected chi connectivity index (χ1v) is 8.47. The van der Waals surface area contributed by atoms with Crippen molar-refractivity contribution < 1.29 is 22.4 Å². The summed E-state index contributed by atoms with van der Waals surface area (Å²) < 4.78 is 40.7. The van der Waals surface area contributed by atoms with E-state index in [0.29, 0.717) is 32.7 Å². The zero-order valence-electron chi connectivity index (χ0n) is 12.5. The third-order valence-electron chi connectivity index (χ3n) is 2.59. The van der Waals surface area contributed by atoms with Gasteiger partial charge >= 0.3 is 0 Å². The second kappa shape index (κ2) is 10.5. The Morgan fingerprint density at radius 1 is 1.20 bits per heavy atom. The van der Waals surface area contributed by atoms with Gasteiger partial charge in [0.1, 0.15) is 0 Å². The molecule has 0 aliphatic rings. The van der Waals surface area contributed by atoms with Crippen molar-refractivity contribution in [2.24, 2.45) is 5.73 Å². The highest BCUT2D eigenvalue weighted by Crippen LogP contribution is 1.98. The molecule has 0 rings (SSSR count). The normalized spacial score (nSPS) is 16.9. The van der Waals surface area contributed by atoms with Gasteiger partial charge in [0.05, 0.1) is 31.2 Å². The molecule has 0 saturated heterocycles. The Morgan fingerprint density at radius 3 is 2.40 bits per heavy atom. The molecule has 4 N–H and O–H groups in total. The van der Waals surface area contributed by atoms with E-state index in [1.807, 2.05) is 20.8 Å². The zero-order chi connectivity index (χ0) is 15.6. The molecule has 20 heavy (non-hydrogen) atoms. The van der Waals surface area contributed by atoms with Gasteiger partial charge in [-0.25, -0.2) is 0 Å². The summed E-state index contributed by atoms with van der Waals surface area (Å²) in [6.45, 7) is 7.78. The predicted octanol–water partition coefficient (Wildman–Crippen LogP) is 0.0113. The smallest absolute Gasteiger partial charge is 0.264 e. The van der Waals surface area contributed by atoms with Crippen molar-refractivity contribution in [3.05, 3.63) is 0 Å². The molecule has 0 aliphatic carbocycles. The summed E-state index contributed by atoms with van der Waals surface area (Å²) in [7, 11) is -3.86. The van der Waals surface area contributed by atoms with Crippen LogP contribution >= 0.6 is 0 Å². The number of ether oxygens (including phenoxy) is 2.